The fourth-order valence-corrected chi connectivity index (χ4v) is 3.54. The molecule has 4 N–H and O–H groups in total. The summed E-state index contributed by atoms with van der Waals surface area (Å²) in [5.41, 5.74) is 6.71. The van der Waals surface area contributed by atoms with E-state index in [1.807, 2.05) is 0 Å². The van der Waals surface area contributed by atoms with Crippen molar-refractivity contribution >= 4 is 29.2 Å². The third-order valence-corrected chi connectivity index (χ3v) is 5.39. The topological polar surface area (TPSA) is 138 Å². The van der Waals surface area contributed by atoms with Crippen LogP contribution in [0, 0.1) is 0 Å². The molecule has 0 aliphatic heterocycles. The first-order valence-corrected chi connectivity index (χ1v) is 12.2. The van der Waals surface area contributed by atoms with E-state index in [2.05, 4.69) is 10.6 Å². The van der Waals surface area contributed by atoms with E-state index in [1.165, 1.54) is 14.2 Å². The van der Waals surface area contributed by atoms with E-state index in [9.17, 15) is 14.4 Å². The molecule has 3 aromatic rings. The van der Waals surface area contributed by atoms with Crippen molar-refractivity contribution in [3.63, 3.8) is 0 Å². The Labute approximate surface area is 227 Å². The number of benzene rings is 3. The molecule has 2 amide bonds. The molecule has 0 heterocycles. The van der Waals surface area contributed by atoms with E-state index >= 15 is 0 Å². The molecule has 0 aromatic heterocycles. The molecule has 206 valence electrons. The Morgan fingerprint density at radius 2 is 1.54 bits per heavy atom. The summed E-state index contributed by atoms with van der Waals surface area (Å²) in [5.74, 6) is 0.450. The van der Waals surface area contributed by atoms with Crippen LogP contribution in [-0.4, -0.2) is 50.8 Å². The summed E-state index contributed by atoms with van der Waals surface area (Å²) >= 11 is 0. The molecule has 39 heavy (non-hydrogen) atoms. The van der Waals surface area contributed by atoms with Crippen LogP contribution in [0.15, 0.2) is 60.7 Å². The Hall–Kier alpha value is -4.73. The zero-order chi connectivity index (χ0) is 28.6. The van der Waals surface area contributed by atoms with Crippen LogP contribution >= 0.6 is 0 Å². The number of methoxy groups -OCH3 is 2. The van der Waals surface area contributed by atoms with Crippen LogP contribution in [0.4, 0.5) is 16.2 Å². The monoisotopic (exact) mass is 535 g/mol. The van der Waals surface area contributed by atoms with Crippen LogP contribution in [0.1, 0.15) is 47.1 Å². The minimum absolute atomic E-state index is 0.0602. The molecular weight excluding hydrogens is 502 g/mol. The van der Waals surface area contributed by atoms with Crippen molar-refractivity contribution in [3.8, 4) is 17.2 Å². The van der Waals surface area contributed by atoms with E-state index < -0.39 is 23.4 Å². The minimum atomic E-state index is -0.630. The molecule has 10 heteroatoms. The number of hydrogen-bond acceptors (Lipinski definition) is 8. The second-order valence-electron chi connectivity index (χ2n) is 9.42. The van der Waals surface area contributed by atoms with Gasteiger partial charge in [-0.25, -0.2) is 4.79 Å². The number of carbonyl (C=O) groups excluding carboxylic acids is 3. The molecule has 0 bridgehead atoms. The third-order valence-electron chi connectivity index (χ3n) is 5.39. The van der Waals surface area contributed by atoms with Crippen molar-refractivity contribution in [1.82, 2.24) is 5.32 Å². The van der Waals surface area contributed by atoms with Crippen molar-refractivity contribution in [2.75, 3.05) is 38.4 Å². The number of para-hydroxylation sites is 1. The van der Waals surface area contributed by atoms with E-state index in [-0.39, 0.29) is 41.4 Å². The van der Waals surface area contributed by atoms with Crippen molar-refractivity contribution in [1.29, 1.82) is 0 Å². The standard InChI is InChI=1S/C29H33N3O7/c1-29(2,3)39-28(35)31-15-16-38-24-17-20(37-5)13-14-21(24)26(33)22-7-6-8-23(30)25(22)32-27(34)18-9-11-19(36-4)12-10-18/h6-14,17H,15-16,30H2,1-5H3,(H,31,35)(H,32,34). The van der Waals surface area contributed by atoms with Gasteiger partial charge in [-0.15, -0.1) is 0 Å². The molecule has 0 saturated heterocycles. The maximum Gasteiger partial charge on any atom is 0.407 e. The predicted molar refractivity (Wildman–Crippen MR) is 148 cm³/mol. The zero-order valence-electron chi connectivity index (χ0n) is 22.6. The summed E-state index contributed by atoms with van der Waals surface area (Å²) in [5, 5.41) is 5.36. The van der Waals surface area contributed by atoms with Crippen LogP contribution < -0.4 is 30.6 Å². The van der Waals surface area contributed by atoms with Gasteiger partial charge >= 0.3 is 6.09 Å². The van der Waals surface area contributed by atoms with Gasteiger partial charge in [0.1, 0.15) is 29.5 Å². The van der Waals surface area contributed by atoms with Gasteiger partial charge in [-0.1, -0.05) is 6.07 Å². The van der Waals surface area contributed by atoms with Crippen LogP contribution in [0.3, 0.4) is 0 Å². The Morgan fingerprint density at radius 3 is 2.18 bits per heavy atom. The largest absolute Gasteiger partial charge is 0.497 e. The van der Waals surface area contributed by atoms with Gasteiger partial charge in [-0.2, -0.15) is 0 Å². The SMILES string of the molecule is COc1ccc(C(=O)Nc2c(N)cccc2C(=O)c2ccc(OC)cc2OCCNC(=O)OC(C)(C)C)cc1. The number of nitrogens with two attached hydrogens (primary N) is 1. The van der Waals surface area contributed by atoms with Gasteiger partial charge in [0.25, 0.3) is 5.91 Å². The lowest BCUT2D eigenvalue weighted by Crippen LogP contribution is -2.34. The number of ketones is 1. The lowest BCUT2D eigenvalue weighted by molar-refractivity contribution is 0.0519. The average Bonchev–Trinajstić information content (AvgIpc) is 2.90. The van der Waals surface area contributed by atoms with Gasteiger partial charge in [0, 0.05) is 17.2 Å². The van der Waals surface area contributed by atoms with Crippen molar-refractivity contribution in [3.05, 3.63) is 77.4 Å². The van der Waals surface area contributed by atoms with Gasteiger partial charge in [-0.3, -0.25) is 9.59 Å². The van der Waals surface area contributed by atoms with E-state index in [0.717, 1.165) is 0 Å². The smallest absolute Gasteiger partial charge is 0.407 e. The minimum Gasteiger partial charge on any atom is -0.497 e. The normalized spacial score (nSPS) is 10.8. The second-order valence-corrected chi connectivity index (χ2v) is 9.42. The Balaban J connectivity index is 1.82. The third kappa shape index (κ3) is 7.88. The summed E-state index contributed by atoms with van der Waals surface area (Å²) in [4.78, 5) is 38.6. The summed E-state index contributed by atoms with van der Waals surface area (Å²) in [6, 6.07) is 16.1. The molecule has 0 saturated carbocycles. The Bertz CT molecular complexity index is 1330. The van der Waals surface area contributed by atoms with Crippen LogP contribution in [-0.2, 0) is 4.74 Å². The molecular formula is C29H33N3O7. The number of hydrogen-bond donors (Lipinski definition) is 3. The molecule has 0 aliphatic carbocycles. The van der Waals surface area contributed by atoms with Crippen LogP contribution in [0.25, 0.3) is 0 Å². The zero-order valence-corrected chi connectivity index (χ0v) is 22.6. The summed E-state index contributed by atoms with van der Waals surface area (Å²) in [6.07, 6.45) is -0.579. The fraction of sp³-hybridized carbons (Fsp3) is 0.276. The number of alkyl carbamates (subject to hydrolysis) is 1. The molecule has 0 atom stereocenters. The molecule has 0 spiro atoms. The molecule has 3 rings (SSSR count). The van der Waals surface area contributed by atoms with Gasteiger partial charge in [-0.05, 0) is 69.3 Å². The number of ether oxygens (including phenoxy) is 4. The Kier molecular flexibility index (Phi) is 9.38. The quantitative estimate of drug-likeness (QED) is 0.193. The summed E-state index contributed by atoms with van der Waals surface area (Å²) in [6.45, 7) is 5.50. The first-order valence-electron chi connectivity index (χ1n) is 12.2. The number of rotatable bonds is 10. The number of carbonyl (C=O) groups is 3. The molecule has 10 nitrogen and oxygen atoms in total. The first kappa shape index (κ1) is 28.8. The van der Waals surface area contributed by atoms with Crippen LogP contribution in [0.2, 0.25) is 0 Å². The average molecular weight is 536 g/mol. The highest BCUT2D eigenvalue weighted by molar-refractivity contribution is 6.18. The highest BCUT2D eigenvalue weighted by Gasteiger charge is 2.22. The maximum atomic E-state index is 13.7. The fourth-order valence-electron chi connectivity index (χ4n) is 3.54. The van der Waals surface area contributed by atoms with E-state index in [4.69, 9.17) is 24.7 Å². The van der Waals surface area contributed by atoms with Gasteiger partial charge in [0.05, 0.1) is 37.7 Å². The highest BCUT2D eigenvalue weighted by atomic mass is 16.6. The van der Waals surface area contributed by atoms with Crippen LogP contribution in [0.5, 0.6) is 17.2 Å². The van der Waals surface area contributed by atoms with Gasteiger partial charge in [0.2, 0.25) is 0 Å². The van der Waals surface area contributed by atoms with Gasteiger partial charge < -0.3 is 35.3 Å². The number of anilines is 2. The van der Waals surface area contributed by atoms with Crippen molar-refractivity contribution in [2.45, 2.75) is 26.4 Å². The first-order chi connectivity index (χ1) is 18.5. The Morgan fingerprint density at radius 1 is 0.872 bits per heavy atom. The van der Waals surface area contributed by atoms with Crippen molar-refractivity contribution < 1.29 is 33.3 Å². The number of nitrogens with one attached hydrogen (secondary N) is 2. The lowest BCUT2D eigenvalue weighted by atomic mass is 9.99. The van der Waals surface area contributed by atoms with E-state index in [0.29, 0.717) is 17.1 Å². The number of nitrogen functional groups attached to an aromatic ring is 1. The van der Waals surface area contributed by atoms with Gasteiger partial charge in [0.15, 0.2) is 5.78 Å². The lowest BCUT2D eigenvalue weighted by Gasteiger charge is -2.20. The molecule has 0 unspecified atom stereocenters. The van der Waals surface area contributed by atoms with E-state index in [1.54, 1.807) is 81.4 Å². The maximum absolute atomic E-state index is 13.7. The molecule has 0 aliphatic rings. The van der Waals surface area contributed by atoms with Crippen molar-refractivity contribution in [2.24, 2.45) is 0 Å². The summed E-state index contributed by atoms with van der Waals surface area (Å²) in [7, 11) is 3.03. The summed E-state index contributed by atoms with van der Waals surface area (Å²) < 4.78 is 21.5. The number of amides is 2. The highest BCUT2D eigenvalue weighted by Crippen LogP contribution is 2.32. The molecule has 3 aromatic carbocycles. The second kappa shape index (κ2) is 12.7. The molecule has 0 fully saturated rings. The molecule has 0 radical (unpaired) electrons. The predicted octanol–water partition coefficient (Wildman–Crippen LogP) is 4.67.